The number of hydrogen-bond acceptors (Lipinski definition) is 1. The number of allylic oxidation sites excluding steroid dienone is 1. The van der Waals surface area contributed by atoms with E-state index >= 15 is 0 Å². The molecule has 0 bridgehead atoms. The van der Waals surface area contributed by atoms with Gasteiger partial charge < -0.3 is 0 Å². The maximum absolute atomic E-state index is 9.22. The van der Waals surface area contributed by atoms with Crippen molar-refractivity contribution in [2.24, 2.45) is 0 Å². The molecule has 0 aromatic heterocycles. The number of hydrogen-bond donors (Lipinski definition) is 0. The molecule has 0 aliphatic rings. The van der Waals surface area contributed by atoms with Crippen molar-refractivity contribution >= 4 is 19.4 Å². The predicted octanol–water partition coefficient (Wildman–Crippen LogP) is 0.897. The summed E-state index contributed by atoms with van der Waals surface area (Å²) in [6.07, 6.45) is 2.24. The van der Waals surface area contributed by atoms with Crippen LogP contribution in [0.2, 0.25) is 0 Å². The van der Waals surface area contributed by atoms with E-state index in [1.807, 2.05) is 6.92 Å². The molecule has 1 nitrogen and oxygen atoms in total. The van der Waals surface area contributed by atoms with Gasteiger partial charge in [0.25, 0.3) is 0 Å². The Bertz CT molecular complexity index is 54.6. The van der Waals surface area contributed by atoms with Crippen LogP contribution < -0.4 is 0 Å². The molecule has 0 aromatic carbocycles. The van der Waals surface area contributed by atoms with Crippen molar-refractivity contribution in [1.82, 2.24) is 0 Å². The van der Waals surface area contributed by atoms with Gasteiger partial charge in [-0.25, -0.2) is 4.79 Å². The van der Waals surface area contributed by atoms with Gasteiger partial charge in [0.2, 0.25) is 0 Å². The van der Waals surface area contributed by atoms with Crippen molar-refractivity contribution in [3.63, 3.8) is 0 Å². The second kappa shape index (κ2) is 8.84. The summed E-state index contributed by atoms with van der Waals surface area (Å²) < 4.78 is 0. The van der Waals surface area contributed by atoms with Crippen LogP contribution in [0.25, 0.3) is 0 Å². The van der Waals surface area contributed by atoms with E-state index in [0.29, 0.717) is 0 Å². The maximum Gasteiger partial charge on any atom is 0.120 e. The SMILES string of the molecule is CCC=C=O.S. The molecular weight excluding hydrogens is 96.1 g/mol. The quantitative estimate of drug-likeness (QED) is 0.452. The van der Waals surface area contributed by atoms with Crippen LogP contribution in [0, 0.1) is 0 Å². The Hall–Kier alpha value is -0.200. The minimum absolute atomic E-state index is 0. The van der Waals surface area contributed by atoms with Crippen LogP contribution in [-0.2, 0) is 4.79 Å². The molecular formula is C4H8OS. The molecule has 0 saturated heterocycles. The standard InChI is InChI=1S/C4H6O.H2S/c1-2-3-4-5;/h3H,2H2,1H3;1H2. The highest BCUT2D eigenvalue weighted by Crippen LogP contribution is 1.65. The molecule has 0 saturated carbocycles. The molecule has 0 spiro atoms. The first-order valence-corrected chi connectivity index (χ1v) is 1.61. The minimum Gasteiger partial charge on any atom is -0.234 e. The van der Waals surface area contributed by atoms with Gasteiger partial charge in [0.1, 0.15) is 5.94 Å². The van der Waals surface area contributed by atoms with Gasteiger partial charge in [0.05, 0.1) is 0 Å². The lowest BCUT2D eigenvalue weighted by Crippen LogP contribution is -1.47. The van der Waals surface area contributed by atoms with Gasteiger partial charge in [0, 0.05) is 0 Å². The van der Waals surface area contributed by atoms with Crippen molar-refractivity contribution in [3.05, 3.63) is 6.08 Å². The topological polar surface area (TPSA) is 17.1 Å². The Morgan fingerprint density at radius 2 is 2.33 bits per heavy atom. The molecule has 0 atom stereocenters. The van der Waals surface area contributed by atoms with Crippen LogP contribution >= 0.6 is 13.5 Å². The van der Waals surface area contributed by atoms with Gasteiger partial charge in [-0.1, -0.05) is 6.92 Å². The zero-order valence-corrected chi connectivity index (χ0v) is 4.69. The molecule has 0 fully saturated rings. The van der Waals surface area contributed by atoms with Gasteiger partial charge in [-0.15, -0.1) is 0 Å². The number of rotatable bonds is 1. The van der Waals surface area contributed by atoms with Crippen molar-refractivity contribution in [1.29, 1.82) is 0 Å². The van der Waals surface area contributed by atoms with E-state index < -0.39 is 0 Å². The average molecular weight is 104 g/mol. The molecule has 0 heterocycles. The summed E-state index contributed by atoms with van der Waals surface area (Å²) in [6.45, 7) is 1.89. The van der Waals surface area contributed by atoms with Crippen LogP contribution in [0.1, 0.15) is 13.3 Å². The van der Waals surface area contributed by atoms with Crippen LogP contribution in [0.5, 0.6) is 0 Å². The van der Waals surface area contributed by atoms with Gasteiger partial charge in [-0.3, -0.25) is 0 Å². The zero-order chi connectivity index (χ0) is 4.12. The molecule has 0 unspecified atom stereocenters. The second-order valence-corrected chi connectivity index (χ2v) is 0.730. The third kappa shape index (κ3) is 9.20. The summed E-state index contributed by atoms with van der Waals surface area (Å²) in [4.78, 5) is 9.22. The third-order valence-electron chi connectivity index (χ3n) is 0.287. The molecule has 0 radical (unpaired) electrons. The van der Waals surface area contributed by atoms with Crippen LogP contribution in [-0.4, -0.2) is 5.94 Å². The van der Waals surface area contributed by atoms with E-state index in [1.165, 1.54) is 6.08 Å². The Morgan fingerprint density at radius 3 is 2.33 bits per heavy atom. The van der Waals surface area contributed by atoms with E-state index in [4.69, 9.17) is 0 Å². The molecule has 0 N–H and O–H groups in total. The third-order valence-corrected chi connectivity index (χ3v) is 0.287. The number of carbonyl (C=O) groups excluding carboxylic acids is 1. The molecule has 0 aliphatic heterocycles. The second-order valence-electron chi connectivity index (χ2n) is 0.730. The Labute approximate surface area is 44.5 Å². The van der Waals surface area contributed by atoms with Gasteiger partial charge in [0.15, 0.2) is 0 Å². The first-order valence-electron chi connectivity index (χ1n) is 1.61. The summed E-state index contributed by atoms with van der Waals surface area (Å²) in [5.74, 6) is 1.64. The average Bonchev–Trinajstić information content (AvgIpc) is 1.41. The fourth-order valence-electron chi connectivity index (χ4n) is 0.0833. The lowest BCUT2D eigenvalue weighted by Gasteiger charge is -1.55. The van der Waals surface area contributed by atoms with E-state index in [-0.39, 0.29) is 13.5 Å². The first kappa shape index (κ1) is 9.25. The molecule has 0 rings (SSSR count). The Kier molecular flexibility index (Phi) is 13.6. The maximum atomic E-state index is 9.22. The fraction of sp³-hybridized carbons (Fsp3) is 0.500. The molecule has 0 amide bonds. The monoisotopic (exact) mass is 104 g/mol. The Morgan fingerprint density at radius 1 is 1.83 bits per heavy atom. The van der Waals surface area contributed by atoms with E-state index in [0.717, 1.165) is 6.42 Å². The van der Waals surface area contributed by atoms with E-state index in [1.54, 1.807) is 5.94 Å². The summed E-state index contributed by atoms with van der Waals surface area (Å²) >= 11 is 0. The fourth-order valence-corrected chi connectivity index (χ4v) is 0.0833. The molecule has 0 aromatic rings. The normalized spacial score (nSPS) is 4.83. The van der Waals surface area contributed by atoms with Gasteiger partial charge in [-0.05, 0) is 12.5 Å². The van der Waals surface area contributed by atoms with E-state index in [9.17, 15) is 4.79 Å². The summed E-state index contributed by atoms with van der Waals surface area (Å²) in [6, 6.07) is 0. The lowest BCUT2D eigenvalue weighted by atomic mass is 10.5. The molecule has 0 aliphatic carbocycles. The van der Waals surface area contributed by atoms with Crippen LogP contribution in [0.15, 0.2) is 6.08 Å². The largest absolute Gasteiger partial charge is 0.234 e. The first-order chi connectivity index (χ1) is 2.41. The Balaban J connectivity index is 0. The summed E-state index contributed by atoms with van der Waals surface area (Å²) in [7, 11) is 0. The smallest absolute Gasteiger partial charge is 0.120 e. The van der Waals surface area contributed by atoms with Crippen molar-refractivity contribution in [2.75, 3.05) is 0 Å². The molecule has 2 heteroatoms. The highest BCUT2D eigenvalue weighted by molar-refractivity contribution is 7.59. The summed E-state index contributed by atoms with van der Waals surface area (Å²) in [5.41, 5.74) is 0. The van der Waals surface area contributed by atoms with Crippen molar-refractivity contribution < 1.29 is 4.79 Å². The van der Waals surface area contributed by atoms with Crippen LogP contribution in [0.3, 0.4) is 0 Å². The highest BCUT2D eigenvalue weighted by atomic mass is 32.1. The summed E-state index contributed by atoms with van der Waals surface area (Å²) in [5, 5.41) is 0. The van der Waals surface area contributed by atoms with Gasteiger partial charge in [-0.2, -0.15) is 13.5 Å². The van der Waals surface area contributed by atoms with E-state index in [2.05, 4.69) is 0 Å². The van der Waals surface area contributed by atoms with Gasteiger partial charge >= 0.3 is 0 Å². The highest BCUT2D eigenvalue weighted by Gasteiger charge is 1.53. The minimum atomic E-state index is 0. The van der Waals surface area contributed by atoms with Crippen molar-refractivity contribution in [3.8, 4) is 0 Å². The lowest BCUT2D eigenvalue weighted by molar-refractivity contribution is 0.568. The predicted molar refractivity (Wildman–Crippen MR) is 30.9 cm³/mol. The van der Waals surface area contributed by atoms with Crippen LogP contribution in [0.4, 0.5) is 0 Å². The zero-order valence-electron chi connectivity index (χ0n) is 3.69. The molecule has 36 valence electrons. The molecule has 6 heavy (non-hydrogen) atoms. The van der Waals surface area contributed by atoms with Crippen molar-refractivity contribution in [2.45, 2.75) is 13.3 Å².